The van der Waals surface area contributed by atoms with Gasteiger partial charge in [-0.05, 0) is 51.8 Å². The number of amides is 2. The van der Waals surface area contributed by atoms with E-state index in [1.165, 1.54) is 5.56 Å². The minimum Gasteiger partial charge on any atom is -0.352 e. The molecule has 2 aromatic rings. The van der Waals surface area contributed by atoms with E-state index in [1.807, 2.05) is 39.0 Å². The lowest BCUT2D eigenvalue weighted by molar-refractivity contribution is -0.139. The minimum absolute atomic E-state index is 0.0203. The number of hydrogen-bond acceptors (Lipinski definition) is 3. The SMILES string of the molecule is Cc1ccc(SCCC(=O)N(CCc2ccccc2)[C@@H](C)C(=O)NC(C)C)cc1. The highest BCUT2D eigenvalue weighted by molar-refractivity contribution is 7.99. The first-order valence-electron chi connectivity index (χ1n) is 10.2. The summed E-state index contributed by atoms with van der Waals surface area (Å²) < 4.78 is 0. The number of thioether (sulfide) groups is 1. The van der Waals surface area contributed by atoms with Gasteiger partial charge in [0.05, 0.1) is 0 Å². The molecule has 1 N–H and O–H groups in total. The molecule has 0 aliphatic rings. The molecule has 0 radical (unpaired) electrons. The molecule has 0 unspecified atom stereocenters. The molecule has 2 aromatic carbocycles. The van der Waals surface area contributed by atoms with Crippen molar-refractivity contribution < 1.29 is 9.59 Å². The average Bonchev–Trinajstić information content (AvgIpc) is 2.69. The van der Waals surface area contributed by atoms with Crippen LogP contribution in [-0.2, 0) is 16.0 Å². The van der Waals surface area contributed by atoms with Gasteiger partial charge in [-0.15, -0.1) is 11.8 Å². The first kappa shape index (κ1) is 23.0. The fraction of sp³-hybridized carbons (Fsp3) is 0.417. The van der Waals surface area contributed by atoms with Gasteiger partial charge >= 0.3 is 0 Å². The van der Waals surface area contributed by atoms with Crippen LogP contribution >= 0.6 is 11.8 Å². The lowest BCUT2D eigenvalue weighted by Crippen LogP contribution is -2.50. The molecule has 1 atom stereocenters. The van der Waals surface area contributed by atoms with E-state index >= 15 is 0 Å². The molecule has 0 heterocycles. The molecule has 0 aliphatic heterocycles. The van der Waals surface area contributed by atoms with Gasteiger partial charge in [-0.25, -0.2) is 0 Å². The Balaban J connectivity index is 1.98. The normalized spacial score (nSPS) is 11.9. The number of nitrogens with one attached hydrogen (secondary N) is 1. The van der Waals surface area contributed by atoms with E-state index in [2.05, 4.69) is 48.6 Å². The van der Waals surface area contributed by atoms with Crippen LogP contribution in [0.3, 0.4) is 0 Å². The summed E-state index contributed by atoms with van der Waals surface area (Å²) in [5, 5.41) is 2.93. The molecular formula is C24H32N2O2S. The largest absolute Gasteiger partial charge is 0.352 e. The molecule has 0 saturated carbocycles. The van der Waals surface area contributed by atoms with Gasteiger partial charge in [-0.3, -0.25) is 9.59 Å². The molecule has 0 bridgehead atoms. The fourth-order valence-corrected chi connectivity index (χ4v) is 3.85. The third-order valence-electron chi connectivity index (χ3n) is 4.69. The van der Waals surface area contributed by atoms with Crippen molar-refractivity contribution in [2.24, 2.45) is 0 Å². The number of carbonyl (C=O) groups excluding carboxylic acids is 2. The van der Waals surface area contributed by atoms with Crippen molar-refractivity contribution >= 4 is 23.6 Å². The molecule has 0 fully saturated rings. The van der Waals surface area contributed by atoms with Gasteiger partial charge in [0.15, 0.2) is 0 Å². The van der Waals surface area contributed by atoms with Gasteiger partial charge in [0, 0.05) is 29.7 Å². The average molecular weight is 413 g/mol. The quantitative estimate of drug-likeness (QED) is 0.586. The highest BCUT2D eigenvalue weighted by Crippen LogP contribution is 2.20. The molecular weight excluding hydrogens is 380 g/mol. The van der Waals surface area contributed by atoms with Gasteiger partial charge in [-0.2, -0.15) is 0 Å². The molecule has 2 rings (SSSR count). The number of nitrogens with zero attached hydrogens (tertiary/aromatic N) is 1. The highest BCUT2D eigenvalue weighted by atomic mass is 32.2. The van der Waals surface area contributed by atoms with Crippen molar-refractivity contribution in [3.05, 3.63) is 65.7 Å². The molecule has 5 heteroatoms. The Morgan fingerprint density at radius 2 is 1.66 bits per heavy atom. The van der Waals surface area contributed by atoms with E-state index < -0.39 is 6.04 Å². The third-order valence-corrected chi connectivity index (χ3v) is 5.70. The van der Waals surface area contributed by atoms with Gasteiger partial charge in [0.2, 0.25) is 11.8 Å². The van der Waals surface area contributed by atoms with E-state index in [4.69, 9.17) is 0 Å². The summed E-state index contributed by atoms with van der Waals surface area (Å²) >= 11 is 1.67. The van der Waals surface area contributed by atoms with Crippen LogP contribution in [0, 0.1) is 6.92 Å². The lowest BCUT2D eigenvalue weighted by Gasteiger charge is -2.29. The molecule has 4 nitrogen and oxygen atoms in total. The molecule has 156 valence electrons. The second-order valence-electron chi connectivity index (χ2n) is 7.57. The first-order chi connectivity index (χ1) is 13.9. The summed E-state index contributed by atoms with van der Waals surface area (Å²) in [5.74, 6) is 0.613. The van der Waals surface area contributed by atoms with Gasteiger partial charge in [-0.1, -0.05) is 48.0 Å². The van der Waals surface area contributed by atoms with Crippen molar-refractivity contribution in [2.75, 3.05) is 12.3 Å². The maximum atomic E-state index is 13.0. The second-order valence-corrected chi connectivity index (χ2v) is 8.74. The summed E-state index contributed by atoms with van der Waals surface area (Å²) in [6.07, 6.45) is 1.14. The van der Waals surface area contributed by atoms with Crippen LogP contribution in [0.4, 0.5) is 0 Å². The summed E-state index contributed by atoms with van der Waals surface area (Å²) in [7, 11) is 0. The Hall–Kier alpha value is -2.27. The summed E-state index contributed by atoms with van der Waals surface area (Å²) in [6, 6.07) is 17.9. The van der Waals surface area contributed by atoms with Crippen LogP contribution < -0.4 is 5.32 Å². The van der Waals surface area contributed by atoms with Crippen molar-refractivity contribution in [2.45, 2.75) is 57.5 Å². The minimum atomic E-state index is -0.488. The van der Waals surface area contributed by atoms with Crippen LogP contribution in [0.25, 0.3) is 0 Å². The van der Waals surface area contributed by atoms with Crippen LogP contribution in [0.5, 0.6) is 0 Å². The predicted molar refractivity (Wildman–Crippen MR) is 121 cm³/mol. The van der Waals surface area contributed by atoms with Crippen LogP contribution in [-0.4, -0.2) is 41.1 Å². The second kappa shape index (κ2) is 11.7. The number of rotatable bonds is 10. The lowest BCUT2D eigenvalue weighted by atomic mass is 10.1. The number of benzene rings is 2. The van der Waals surface area contributed by atoms with Crippen molar-refractivity contribution in [3.63, 3.8) is 0 Å². The topological polar surface area (TPSA) is 49.4 Å². The Kier molecular flexibility index (Phi) is 9.26. The van der Waals surface area contributed by atoms with Crippen LogP contribution in [0.2, 0.25) is 0 Å². The summed E-state index contributed by atoms with van der Waals surface area (Å²) in [4.78, 5) is 28.4. The van der Waals surface area contributed by atoms with Crippen LogP contribution in [0.15, 0.2) is 59.5 Å². The molecule has 29 heavy (non-hydrogen) atoms. The van der Waals surface area contributed by atoms with Crippen molar-refractivity contribution in [1.29, 1.82) is 0 Å². The molecule has 0 saturated heterocycles. The maximum Gasteiger partial charge on any atom is 0.242 e. The van der Waals surface area contributed by atoms with Gasteiger partial charge in [0.1, 0.15) is 6.04 Å². The van der Waals surface area contributed by atoms with Gasteiger partial charge in [0.25, 0.3) is 0 Å². The monoisotopic (exact) mass is 412 g/mol. The van der Waals surface area contributed by atoms with Gasteiger partial charge < -0.3 is 10.2 Å². The maximum absolute atomic E-state index is 13.0. The van der Waals surface area contributed by atoms with Crippen molar-refractivity contribution in [1.82, 2.24) is 10.2 Å². The Labute approximate surface area is 179 Å². The van der Waals surface area contributed by atoms with E-state index in [9.17, 15) is 9.59 Å². The fourth-order valence-electron chi connectivity index (χ4n) is 3.01. The Morgan fingerprint density at radius 1 is 1.00 bits per heavy atom. The molecule has 0 aliphatic carbocycles. The third kappa shape index (κ3) is 7.94. The standard InChI is InChI=1S/C24H32N2O2S/c1-18(2)25-24(28)20(4)26(16-14-21-8-6-5-7-9-21)23(27)15-17-29-22-12-10-19(3)11-13-22/h5-13,18,20H,14-17H2,1-4H3,(H,25,28)/t20-/m0/s1. The van der Waals surface area contributed by atoms with Crippen molar-refractivity contribution in [3.8, 4) is 0 Å². The van der Waals surface area contributed by atoms with E-state index in [0.717, 1.165) is 16.9 Å². The summed E-state index contributed by atoms with van der Waals surface area (Å²) in [5.41, 5.74) is 2.39. The zero-order valence-corrected chi connectivity index (χ0v) is 18.7. The Bertz CT molecular complexity index is 775. The number of hydrogen-bond donors (Lipinski definition) is 1. The predicted octanol–water partition coefficient (Wildman–Crippen LogP) is 4.46. The smallest absolute Gasteiger partial charge is 0.242 e. The zero-order chi connectivity index (χ0) is 21.2. The zero-order valence-electron chi connectivity index (χ0n) is 17.9. The van der Waals surface area contributed by atoms with E-state index in [1.54, 1.807) is 16.7 Å². The molecule has 0 spiro atoms. The van der Waals surface area contributed by atoms with Crippen LogP contribution in [0.1, 0.15) is 38.3 Å². The van der Waals surface area contributed by atoms with E-state index in [-0.39, 0.29) is 17.9 Å². The first-order valence-corrected chi connectivity index (χ1v) is 11.2. The number of carbonyl (C=O) groups is 2. The number of aryl methyl sites for hydroxylation is 1. The molecule has 0 aromatic heterocycles. The Morgan fingerprint density at radius 3 is 2.28 bits per heavy atom. The highest BCUT2D eigenvalue weighted by Gasteiger charge is 2.25. The van der Waals surface area contributed by atoms with E-state index in [0.29, 0.717) is 18.7 Å². The molecule has 2 amide bonds. The summed E-state index contributed by atoms with van der Waals surface area (Å²) in [6.45, 7) is 8.27.